The summed E-state index contributed by atoms with van der Waals surface area (Å²) in [5, 5.41) is 0.844. The van der Waals surface area contributed by atoms with Crippen LogP contribution in [0.3, 0.4) is 0 Å². The van der Waals surface area contributed by atoms with Gasteiger partial charge in [0.05, 0.1) is 5.52 Å². The van der Waals surface area contributed by atoms with Gasteiger partial charge in [-0.2, -0.15) is 4.31 Å². The Morgan fingerprint density at radius 3 is 2.44 bits per heavy atom. The number of nitrogens with zero attached hydrogens (tertiary/aromatic N) is 3. The van der Waals surface area contributed by atoms with Gasteiger partial charge in [-0.15, -0.1) is 0 Å². The number of para-hydroxylation sites is 1. The van der Waals surface area contributed by atoms with Crippen molar-refractivity contribution in [2.24, 2.45) is 0 Å². The quantitative estimate of drug-likeness (QED) is 0.697. The molecule has 0 saturated carbocycles. The molecule has 0 bridgehead atoms. The highest BCUT2D eigenvalue weighted by Crippen LogP contribution is 2.25. The number of hydrogen-bond donors (Lipinski definition) is 0. The SMILES string of the molecule is Cc1ccccc1CN1CCN(S(=O)(=O)c2cccc3cccnc23)CC1. The summed E-state index contributed by atoms with van der Waals surface area (Å²) in [6.45, 7) is 5.42. The molecule has 1 aliphatic rings. The number of sulfonamides is 1. The van der Waals surface area contributed by atoms with Crippen molar-refractivity contribution in [3.8, 4) is 0 Å². The maximum absolute atomic E-state index is 13.2. The van der Waals surface area contributed by atoms with Gasteiger partial charge < -0.3 is 0 Å². The van der Waals surface area contributed by atoms with E-state index in [4.69, 9.17) is 0 Å². The van der Waals surface area contributed by atoms with E-state index in [1.807, 2.05) is 24.3 Å². The fraction of sp³-hybridized carbons (Fsp3) is 0.286. The van der Waals surface area contributed by atoms with Gasteiger partial charge in [0.25, 0.3) is 0 Å². The first kappa shape index (κ1) is 18.1. The Bertz CT molecular complexity index is 1050. The third kappa shape index (κ3) is 3.60. The van der Waals surface area contributed by atoms with E-state index in [1.54, 1.807) is 22.6 Å². The summed E-state index contributed by atoms with van der Waals surface area (Å²) >= 11 is 0. The molecule has 140 valence electrons. The molecule has 1 aromatic heterocycles. The largest absolute Gasteiger partial charge is 0.296 e. The molecule has 3 aromatic rings. The summed E-state index contributed by atoms with van der Waals surface area (Å²) in [5.41, 5.74) is 3.11. The Morgan fingerprint density at radius 1 is 0.926 bits per heavy atom. The second kappa shape index (κ2) is 7.38. The Kier molecular flexibility index (Phi) is 4.95. The lowest BCUT2D eigenvalue weighted by molar-refractivity contribution is 0.181. The highest BCUT2D eigenvalue weighted by atomic mass is 32.2. The van der Waals surface area contributed by atoms with Gasteiger partial charge in [0.1, 0.15) is 4.90 Å². The van der Waals surface area contributed by atoms with Crippen LogP contribution >= 0.6 is 0 Å². The maximum Gasteiger partial charge on any atom is 0.245 e. The normalized spacial score (nSPS) is 16.6. The van der Waals surface area contributed by atoms with E-state index >= 15 is 0 Å². The maximum atomic E-state index is 13.2. The van der Waals surface area contributed by atoms with Crippen molar-refractivity contribution in [3.05, 3.63) is 71.9 Å². The van der Waals surface area contributed by atoms with E-state index in [0.29, 0.717) is 23.5 Å². The van der Waals surface area contributed by atoms with Crippen molar-refractivity contribution in [2.75, 3.05) is 26.2 Å². The summed E-state index contributed by atoms with van der Waals surface area (Å²) in [4.78, 5) is 6.92. The number of hydrogen-bond acceptors (Lipinski definition) is 4. The molecule has 0 unspecified atom stereocenters. The van der Waals surface area contributed by atoms with Crippen LogP contribution in [0.2, 0.25) is 0 Å². The minimum atomic E-state index is -3.55. The minimum absolute atomic E-state index is 0.299. The number of piperazine rings is 1. The zero-order valence-corrected chi connectivity index (χ0v) is 16.2. The average molecular weight is 382 g/mol. The van der Waals surface area contributed by atoms with Crippen LogP contribution in [0.15, 0.2) is 65.7 Å². The van der Waals surface area contributed by atoms with Crippen LogP contribution in [0.5, 0.6) is 0 Å². The van der Waals surface area contributed by atoms with Crippen LogP contribution in [-0.4, -0.2) is 48.8 Å². The van der Waals surface area contributed by atoms with Crippen LogP contribution in [0.25, 0.3) is 10.9 Å². The highest BCUT2D eigenvalue weighted by molar-refractivity contribution is 7.89. The first-order valence-corrected chi connectivity index (χ1v) is 10.6. The molecule has 2 aromatic carbocycles. The van der Waals surface area contributed by atoms with Crippen molar-refractivity contribution in [1.82, 2.24) is 14.2 Å². The molecular formula is C21H23N3O2S. The summed E-state index contributed by atoms with van der Waals surface area (Å²) in [6.07, 6.45) is 1.64. The van der Waals surface area contributed by atoms with E-state index < -0.39 is 10.0 Å². The molecule has 27 heavy (non-hydrogen) atoms. The summed E-state index contributed by atoms with van der Waals surface area (Å²) in [7, 11) is -3.55. The molecule has 2 heterocycles. The van der Waals surface area contributed by atoms with E-state index in [9.17, 15) is 8.42 Å². The van der Waals surface area contributed by atoms with Gasteiger partial charge in [0.2, 0.25) is 10.0 Å². The average Bonchev–Trinajstić information content (AvgIpc) is 2.70. The van der Waals surface area contributed by atoms with Crippen LogP contribution in [-0.2, 0) is 16.6 Å². The monoisotopic (exact) mass is 381 g/mol. The lowest BCUT2D eigenvalue weighted by Gasteiger charge is -2.34. The van der Waals surface area contributed by atoms with E-state index in [0.717, 1.165) is 25.0 Å². The molecule has 1 fully saturated rings. The van der Waals surface area contributed by atoms with Crippen LogP contribution in [0.1, 0.15) is 11.1 Å². The first-order chi connectivity index (χ1) is 13.1. The highest BCUT2D eigenvalue weighted by Gasteiger charge is 2.30. The number of rotatable bonds is 4. The zero-order valence-electron chi connectivity index (χ0n) is 15.4. The smallest absolute Gasteiger partial charge is 0.245 e. The molecule has 0 atom stereocenters. The lowest BCUT2D eigenvalue weighted by Crippen LogP contribution is -2.48. The lowest BCUT2D eigenvalue weighted by atomic mass is 10.1. The van der Waals surface area contributed by atoms with E-state index in [-0.39, 0.29) is 0 Å². The van der Waals surface area contributed by atoms with Crippen molar-refractivity contribution in [2.45, 2.75) is 18.4 Å². The molecular weight excluding hydrogens is 358 g/mol. The number of pyridine rings is 1. The molecule has 5 nitrogen and oxygen atoms in total. The Morgan fingerprint density at radius 2 is 1.67 bits per heavy atom. The van der Waals surface area contributed by atoms with Crippen LogP contribution in [0.4, 0.5) is 0 Å². The Hall–Kier alpha value is -2.28. The molecule has 1 aliphatic heterocycles. The van der Waals surface area contributed by atoms with Crippen LogP contribution in [0, 0.1) is 6.92 Å². The standard InChI is InChI=1S/C21H23N3O2S/c1-17-6-2-3-7-19(17)16-23-12-14-24(15-13-23)27(25,26)20-10-4-8-18-9-5-11-22-21(18)20/h2-11H,12-16H2,1H3. The minimum Gasteiger partial charge on any atom is -0.296 e. The van der Waals surface area contributed by atoms with Crippen LogP contribution < -0.4 is 0 Å². The third-order valence-electron chi connectivity index (χ3n) is 5.20. The third-order valence-corrected chi connectivity index (χ3v) is 7.13. The van der Waals surface area contributed by atoms with Crippen molar-refractivity contribution in [3.63, 3.8) is 0 Å². The number of aromatic nitrogens is 1. The second-order valence-corrected chi connectivity index (χ2v) is 8.84. The van der Waals surface area contributed by atoms with Gasteiger partial charge in [-0.3, -0.25) is 9.88 Å². The molecule has 6 heteroatoms. The van der Waals surface area contributed by atoms with Gasteiger partial charge in [-0.25, -0.2) is 8.42 Å². The van der Waals surface area contributed by atoms with E-state index in [1.165, 1.54) is 11.1 Å². The number of aryl methyl sites for hydroxylation is 1. The van der Waals surface area contributed by atoms with Gasteiger partial charge in [-0.1, -0.05) is 42.5 Å². The summed E-state index contributed by atoms with van der Waals surface area (Å²) < 4.78 is 28.0. The number of fused-ring (bicyclic) bond motifs is 1. The Labute approximate surface area is 160 Å². The predicted octanol–water partition coefficient (Wildman–Crippen LogP) is 3.05. The van der Waals surface area contributed by atoms with Crippen molar-refractivity contribution < 1.29 is 8.42 Å². The topological polar surface area (TPSA) is 53.5 Å². The molecule has 0 aliphatic carbocycles. The molecule has 0 N–H and O–H groups in total. The fourth-order valence-corrected chi connectivity index (χ4v) is 5.17. The van der Waals surface area contributed by atoms with Gasteiger partial charge >= 0.3 is 0 Å². The molecule has 0 spiro atoms. The predicted molar refractivity (Wildman–Crippen MR) is 107 cm³/mol. The first-order valence-electron chi connectivity index (χ1n) is 9.16. The van der Waals surface area contributed by atoms with Gasteiger partial charge in [0, 0.05) is 44.3 Å². The summed E-state index contributed by atoms with van der Waals surface area (Å²) in [6, 6.07) is 17.4. The zero-order chi connectivity index (χ0) is 18.9. The molecule has 0 radical (unpaired) electrons. The molecule has 0 amide bonds. The fourth-order valence-electron chi connectivity index (χ4n) is 3.58. The van der Waals surface area contributed by atoms with E-state index in [2.05, 4.69) is 35.0 Å². The molecule has 4 rings (SSSR count). The molecule has 1 saturated heterocycles. The van der Waals surface area contributed by atoms with Gasteiger partial charge in [-0.05, 0) is 30.2 Å². The summed E-state index contributed by atoms with van der Waals surface area (Å²) in [5.74, 6) is 0. The Balaban J connectivity index is 1.51. The second-order valence-electron chi connectivity index (χ2n) is 6.94. The number of benzene rings is 2. The van der Waals surface area contributed by atoms with Crippen molar-refractivity contribution >= 4 is 20.9 Å². The van der Waals surface area contributed by atoms with Gasteiger partial charge in [0.15, 0.2) is 0 Å². The van der Waals surface area contributed by atoms with Crippen molar-refractivity contribution in [1.29, 1.82) is 0 Å².